The predicted octanol–water partition coefficient (Wildman–Crippen LogP) is 1.31. The molecular formula is C18H28N4O. The van der Waals surface area contributed by atoms with Crippen LogP contribution in [0.2, 0.25) is 0 Å². The molecular weight excluding hydrogens is 288 g/mol. The minimum atomic E-state index is -0.158. The zero-order valence-electron chi connectivity index (χ0n) is 14.5. The minimum Gasteiger partial charge on any atom is -0.341 e. The zero-order valence-corrected chi connectivity index (χ0v) is 14.5. The number of aromatic nitrogens is 1. The number of amides is 1. The summed E-state index contributed by atoms with van der Waals surface area (Å²) in [5, 5.41) is 0. The van der Waals surface area contributed by atoms with Crippen molar-refractivity contribution in [2.45, 2.75) is 19.9 Å². The zero-order chi connectivity index (χ0) is 16.4. The van der Waals surface area contributed by atoms with Crippen molar-refractivity contribution >= 4 is 5.91 Å². The molecule has 2 atom stereocenters. The highest BCUT2D eigenvalue weighted by Gasteiger charge is 2.54. The molecule has 0 radical (unpaired) electrons. The molecule has 2 aliphatic rings. The third kappa shape index (κ3) is 3.26. The van der Waals surface area contributed by atoms with Crippen molar-refractivity contribution in [1.29, 1.82) is 0 Å². The quantitative estimate of drug-likeness (QED) is 0.821. The fraction of sp³-hybridized carbons (Fsp3) is 0.667. The fourth-order valence-electron chi connectivity index (χ4n) is 4.05. The van der Waals surface area contributed by atoms with Crippen molar-refractivity contribution in [2.75, 3.05) is 46.8 Å². The van der Waals surface area contributed by atoms with E-state index < -0.39 is 0 Å². The van der Waals surface area contributed by atoms with E-state index in [1.54, 1.807) is 6.20 Å². The molecule has 1 aromatic heterocycles. The lowest BCUT2D eigenvalue weighted by atomic mass is 9.78. The van der Waals surface area contributed by atoms with E-state index >= 15 is 0 Å². The van der Waals surface area contributed by atoms with Gasteiger partial charge in [0, 0.05) is 51.7 Å². The van der Waals surface area contributed by atoms with Gasteiger partial charge in [-0.15, -0.1) is 0 Å². The summed E-state index contributed by atoms with van der Waals surface area (Å²) in [6.45, 7) is 7.74. The van der Waals surface area contributed by atoms with Gasteiger partial charge in [-0.05, 0) is 38.1 Å². The summed E-state index contributed by atoms with van der Waals surface area (Å²) in [5.41, 5.74) is 1.07. The first-order chi connectivity index (χ1) is 11.0. The Bertz CT molecular complexity index is 547. The summed E-state index contributed by atoms with van der Waals surface area (Å²) in [4.78, 5) is 23.9. The van der Waals surface area contributed by atoms with Crippen molar-refractivity contribution in [1.82, 2.24) is 19.7 Å². The molecule has 0 aliphatic carbocycles. The maximum Gasteiger partial charge on any atom is 0.230 e. The largest absolute Gasteiger partial charge is 0.341 e. The van der Waals surface area contributed by atoms with Crippen LogP contribution in [0.15, 0.2) is 24.5 Å². The van der Waals surface area contributed by atoms with Gasteiger partial charge in [-0.25, -0.2) is 0 Å². The maximum absolute atomic E-state index is 13.0. The summed E-state index contributed by atoms with van der Waals surface area (Å²) in [6, 6.07) is 4.09. The lowest BCUT2D eigenvalue weighted by Gasteiger charge is -2.27. The first kappa shape index (κ1) is 16.4. The molecule has 3 heterocycles. The van der Waals surface area contributed by atoms with E-state index in [0.717, 1.165) is 45.7 Å². The van der Waals surface area contributed by atoms with Gasteiger partial charge < -0.3 is 9.80 Å². The highest BCUT2D eigenvalue weighted by molar-refractivity contribution is 5.86. The van der Waals surface area contributed by atoms with Crippen LogP contribution in [0.1, 0.15) is 18.9 Å². The Kier molecular flexibility index (Phi) is 4.69. The second kappa shape index (κ2) is 6.57. The third-order valence-corrected chi connectivity index (χ3v) is 5.47. The fourth-order valence-corrected chi connectivity index (χ4v) is 4.05. The number of hydrogen-bond acceptors (Lipinski definition) is 4. The first-order valence-corrected chi connectivity index (χ1v) is 8.56. The van der Waals surface area contributed by atoms with E-state index in [9.17, 15) is 4.79 Å². The molecule has 5 nitrogen and oxygen atoms in total. The van der Waals surface area contributed by atoms with Crippen LogP contribution in [-0.4, -0.2) is 72.4 Å². The van der Waals surface area contributed by atoms with Crippen LogP contribution in [0.5, 0.6) is 0 Å². The van der Waals surface area contributed by atoms with Gasteiger partial charge in [0.1, 0.15) is 0 Å². The summed E-state index contributed by atoms with van der Waals surface area (Å²) in [5.74, 6) is 0.802. The van der Waals surface area contributed by atoms with Crippen molar-refractivity contribution in [3.63, 3.8) is 0 Å². The van der Waals surface area contributed by atoms with Gasteiger partial charge in [-0.3, -0.25) is 14.7 Å². The molecule has 1 spiro atoms. The lowest BCUT2D eigenvalue weighted by molar-refractivity contribution is -0.137. The molecule has 1 amide bonds. The predicted molar refractivity (Wildman–Crippen MR) is 90.9 cm³/mol. The Morgan fingerprint density at radius 3 is 2.96 bits per heavy atom. The van der Waals surface area contributed by atoms with Crippen LogP contribution in [0.25, 0.3) is 0 Å². The summed E-state index contributed by atoms with van der Waals surface area (Å²) in [7, 11) is 4.12. The SMILES string of the molecule is C[C@H]1CN(Cc2cccnc2)C[C@@]12CCN(CCN(C)C)C2=O. The molecule has 0 N–H and O–H groups in total. The molecule has 1 aromatic rings. The number of pyridine rings is 1. The highest BCUT2D eigenvalue weighted by Crippen LogP contribution is 2.44. The Hall–Kier alpha value is -1.46. The standard InChI is InChI=1S/C18H28N4O/c1-15-12-21(13-16-5-4-7-19-11-16)14-18(15)6-8-22(17(18)23)10-9-20(2)3/h4-5,7,11,15H,6,8-10,12-14H2,1-3H3/t15-,18-/m0/s1. The van der Waals surface area contributed by atoms with Crippen LogP contribution in [0, 0.1) is 11.3 Å². The Morgan fingerprint density at radius 2 is 2.26 bits per heavy atom. The van der Waals surface area contributed by atoms with E-state index in [1.807, 2.05) is 12.3 Å². The van der Waals surface area contributed by atoms with Crippen molar-refractivity contribution in [3.05, 3.63) is 30.1 Å². The molecule has 0 unspecified atom stereocenters. The van der Waals surface area contributed by atoms with E-state index in [-0.39, 0.29) is 5.41 Å². The van der Waals surface area contributed by atoms with Gasteiger partial charge in [-0.2, -0.15) is 0 Å². The molecule has 2 aliphatic heterocycles. The van der Waals surface area contributed by atoms with Crippen molar-refractivity contribution in [3.8, 4) is 0 Å². The van der Waals surface area contributed by atoms with Gasteiger partial charge in [-0.1, -0.05) is 13.0 Å². The normalized spacial score (nSPS) is 28.4. The molecule has 0 saturated carbocycles. The number of rotatable bonds is 5. The van der Waals surface area contributed by atoms with E-state index in [2.05, 4.69) is 46.8 Å². The second-order valence-corrected chi connectivity index (χ2v) is 7.43. The average molecular weight is 316 g/mol. The van der Waals surface area contributed by atoms with Crippen LogP contribution in [-0.2, 0) is 11.3 Å². The number of likely N-dealkylation sites (tertiary alicyclic amines) is 2. The number of nitrogens with zero attached hydrogens (tertiary/aromatic N) is 4. The van der Waals surface area contributed by atoms with E-state index in [1.165, 1.54) is 5.56 Å². The van der Waals surface area contributed by atoms with Gasteiger partial charge >= 0.3 is 0 Å². The molecule has 126 valence electrons. The molecule has 0 aromatic carbocycles. The monoisotopic (exact) mass is 316 g/mol. The van der Waals surface area contributed by atoms with Gasteiger partial charge in [0.25, 0.3) is 0 Å². The number of carbonyl (C=O) groups is 1. The average Bonchev–Trinajstić information content (AvgIpc) is 3.00. The Balaban J connectivity index is 1.65. The number of likely N-dealkylation sites (N-methyl/N-ethyl adjacent to an activating group) is 1. The van der Waals surface area contributed by atoms with Crippen LogP contribution in [0.4, 0.5) is 0 Å². The van der Waals surface area contributed by atoms with E-state index in [4.69, 9.17) is 0 Å². The van der Waals surface area contributed by atoms with Crippen molar-refractivity contribution in [2.24, 2.45) is 11.3 Å². The summed E-state index contributed by atoms with van der Waals surface area (Å²) >= 11 is 0. The van der Waals surface area contributed by atoms with Crippen LogP contribution in [0.3, 0.4) is 0 Å². The minimum absolute atomic E-state index is 0.158. The van der Waals surface area contributed by atoms with Crippen LogP contribution >= 0.6 is 0 Å². The van der Waals surface area contributed by atoms with E-state index in [0.29, 0.717) is 11.8 Å². The van der Waals surface area contributed by atoms with Gasteiger partial charge in [0.2, 0.25) is 5.91 Å². The molecule has 2 fully saturated rings. The molecule has 0 bridgehead atoms. The maximum atomic E-state index is 13.0. The molecule has 2 saturated heterocycles. The Morgan fingerprint density at radius 1 is 1.43 bits per heavy atom. The molecule has 23 heavy (non-hydrogen) atoms. The van der Waals surface area contributed by atoms with Gasteiger partial charge in [0.15, 0.2) is 0 Å². The van der Waals surface area contributed by atoms with Crippen LogP contribution < -0.4 is 0 Å². The van der Waals surface area contributed by atoms with Gasteiger partial charge in [0.05, 0.1) is 5.41 Å². The first-order valence-electron chi connectivity index (χ1n) is 8.56. The molecule has 5 heteroatoms. The lowest BCUT2D eigenvalue weighted by Crippen LogP contribution is -2.41. The smallest absolute Gasteiger partial charge is 0.230 e. The number of carbonyl (C=O) groups excluding carboxylic acids is 1. The second-order valence-electron chi connectivity index (χ2n) is 7.43. The topological polar surface area (TPSA) is 39.7 Å². The summed E-state index contributed by atoms with van der Waals surface area (Å²) in [6.07, 6.45) is 4.74. The third-order valence-electron chi connectivity index (χ3n) is 5.47. The highest BCUT2D eigenvalue weighted by atomic mass is 16.2. The number of hydrogen-bond donors (Lipinski definition) is 0. The Labute approximate surface area is 139 Å². The molecule has 3 rings (SSSR count). The summed E-state index contributed by atoms with van der Waals surface area (Å²) < 4.78 is 0. The van der Waals surface area contributed by atoms with Crippen molar-refractivity contribution < 1.29 is 4.79 Å².